The summed E-state index contributed by atoms with van der Waals surface area (Å²) in [5.41, 5.74) is 0. The Hall–Kier alpha value is -1.55. The van der Waals surface area contributed by atoms with Crippen LogP contribution in [0.2, 0.25) is 0 Å². The molecule has 20 atom stereocenters. The van der Waals surface area contributed by atoms with Gasteiger partial charge in [-0.15, -0.1) is 0 Å². The standard InChI is InChI=1S/C73H140O17S/c1-12-14-16-18-20-22-24-26-27-29-30-32-34-36-38-40-61(76)59(10)48-57(8)46-55(6)44-53(4)42-52(3)43-54(5)45-56(7)47-58(9)49-60(11)71(81)88-68-66(79)63(51-75)86-73(89-72-69(90-91(82,83)84)67(80)65(78)62(50-74)85-72)70(68)87-64(77)41-39-37-35-33-31-28-25-23-21-19-17-15-13-2/h52-63,65-70,72-76,78-80H,12-51H2,1-11H3,(H,82,83,84)/t52-,53+,54-,55+,56-,57+,58-,59+,60-,61?,62?,63?,65+,66+,67?,68?,69-,70+,72+,73+/m0/s1. The average Bonchev–Trinajstić information content (AvgIpc) is 0.952. The van der Waals surface area contributed by atoms with Gasteiger partial charge in [-0.05, 0) is 112 Å². The molecule has 0 amide bonds. The number of aliphatic hydroxyl groups excluding tert-OH is 6. The van der Waals surface area contributed by atoms with Gasteiger partial charge in [-0.2, -0.15) is 8.42 Å². The van der Waals surface area contributed by atoms with Gasteiger partial charge >= 0.3 is 22.3 Å². The number of rotatable bonds is 56. The zero-order valence-corrected chi connectivity index (χ0v) is 60.3. The van der Waals surface area contributed by atoms with Crippen LogP contribution in [0.25, 0.3) is 0 Å². The second-order valence-electron chi connectivity index (χ2n) is 29.7. The summed E-state index contributed by atoms with van der Waals surface area (Å²) < 4.78 is 67.5. The van der Waals surface area contributed by atoms with E-state index in [1.807, 2.05) is 0 Å². The zero-order chi connectivity index (χ0) is 67.7. The third kappa shape index (κ3) is 38.3. The van der Waals surface area contributed by atoms with Crippen molar-refractivity contribution in [3.05, 3.63) is 0 Å². The van der Waals surface area contributed by atoms with Crippen molar-refractivity contribution in [3.63, 3.8) is 0 Å². The Morgan fingerprint density at radius 3 is 1.15 bits per heavy atom. The van der Waals surface area contributed by atoms with Crippen LogP contribution in [-0.4, -0.2) is 136 Å². The molecule has 2 heterocycles. The van der Waals surface area contributed by atoms with Crippen LogP contribution in [0, 0.1) is 53.3 Å². The molecule has 18 heteroatoms. The molecule has 91 heavy (non-hydrogen) atoms. The maximum absolute atomic E-state index is 14.1. The summed E-state index contributed by atoms with van der Waals surface area (Å²) >= 11 is 0. The minimum atomic E-state index is -5.32. The Morgan fingerprint density at radius 2 is 0.769 bits per heavy atom. The largest absolute Gasteiger partial charge is 0.455 e. The van der Waals surface area contributed by atoms with Crippen LogP contribution in [0.3, 0.4) is 0 Å². The Morgan fingerprint density at radius 1 is 0.429 bits per heavy atom. The van der Waals surface area contributed by atoms with Crippen LogP contribution in [-0.2, 0) is 47.9 Å². The first-order chi connectivity index (χ1) is 43.3. The van der Waals surface area contributed by atoms with Gasteiger partial charge in [0.25, 0.3) is 0 Å². The van der Waals surface area contributed by atoms with Crippen molar-refractivity contribution >= 4 is 22.3 Å². The fourth-order valence-corrected chi connectivity index (χ4v) is 15.5. The van der Waals surface area contributed by atoms with Crippen LogP contribution in [0.5, 0.6) is 0 Å². The number of carbonyl (C=O) groups excluding carboxylic acids is 2. The van der Waals surface area contributed by atoms with E-state index >= 15 is 0 Å². The summed E-state index contributed by atoms with van der Waals surface area (Å²) in [7, 11) is -5.32. The molecular weight excluding hydrogens is 1180 g/mol. The van der Waals surface area contributed by atoms with Crippen molar-refractivity contribution in [1.29, 1.82) is 0 Å². The van der Waals surface area contributed by atoms with E-state index in [2.05, 4.69) is 73.4 Å². The van der Waals surface area contributed by atoms with Crippen LogP contribution >= 0.6 is 0 Å². The molecule has 0 aromatic heterocycles. The van der Waals surface area contributed by atoms with Gasteiger partial charge in [-0.1, -0.05) is 250 Å². The van der Waals surface area contributed by atoms with Gasteiger partial charge in [0.2, 0.25) is 6.29 Å². The van der Waals surface area contributed by atoms with Gasteiger partial charge in [0.05, 0.1) is 25.2 Å². The molecule has 2 fully saturated rings. The second kappa shape index (κ2) is 49.9. The molecule has 2 saturated heterocycles. The first-order valence-electron chi connectivity index (χ1n) is 37.3. The Balaban J connectivity index is 1.92. The number of aliphatic hydroxyl groups is 6. The fraction of sp³-hybridized carbons (Fsp3) is 0.973. The van der Waals surface area contributed by atoms with Crippen molar-refractivity contribution in [2.45, 2.75) is 388 Å². The molecule has 17 nitrogen and oxygen atoms in total. The van der Waals surface area contributed by atoms with Crippen molar-refractivity contribution in [2.24, 2.45) is 53.3 Å². The molecule has 2 rings (SSSR count). The molecule has 2 aliphatic heterocycles. The molecule has 0 aromatic rings. The van der Waals surface area contributed by atoms with E-state index in [0.717, 1.165) is 70.6 Å². The van der Waals surface area contributed by atoms with E-state index in [0.29, 0.717) is 54.3 Å². The fourth-order valence-electron chi connectivity index (χ4n) is 15.0. The monoisotopic (exact) mass is 1320 g/mol. The summed E-state index contributed by atoms with van der Waals surface area (Å²) in [6.45, 7) is 23.0. The first kappa shape index (κ1) is 85.5. The van der Waals surface area contributed by atoms with Gasteiger partial charge in [0.15, 0.2) is 24.6 Å². The van der Waals surface area contributed by atoms with Crippen LogP contribution < -0.4 is 0 Å². The van der Waals surface area contributed by atoms with Gasteiger partial charge in [0.1, 0.15) is 30.5 Å². The summed E-state index contributed by atoms with van der Waals surface area (Å²) in [4.78, 5) is 27.8. The highest BCUT2D eigenvalue weighted by atomic mass is 32.3. The number of hydrogen-bond acceptors (Lipinski definition) is 16. The third-order valence-corrected chi connectivity index (χ3v) is 20.1. The Kier molecular flexibility index (Phi) is 46.9. The van der Waals surface area contributed by atoms with E-state index in [1.165, 1.54) is 154 Å². The average molecular weight is 1320 g/mol. The van der Waals surface area contributed by atoms with Crippen LogP contribution in [0.4, 0.5) is 0 Å². The lowest BCUT2D eigenvalue weighted by atomic mass is 9.79. The highest BCUT2D eigenvalue weighted by molar-refractivity contribution is 7.80. The van der Waals surface area contributed by atoms with Gasteiger partial charge < -0.3 is 54.3 Å². The molecule has 540 valence electrons. The molecule has 0 saturated carbocycles. The van der Waals surface area contributed by atoms with E-state index < -0.39 is 103 Å². The van der Waals surface area contributed by atoms with E-state index in [9.17, 15) is 53.2 Å². The maximum Gasteiger partial charge on any atom is 0.397 e. The van der Waals surface area contributed by atoms with Crippen molar-refractivity contribution in [1.82, 2.24) is 0 Å². The number of carbonyl (C=O) groups is 2. The zero-order valence-electron chi connectivity index (χ0n) is 59.5. The molecule has 0 spiro atoms. The minimum absolute atomic E-state index is 0.0543. The SMILES string of the molecule is CCCCCCCCCCCCCCCCCC(O)[C@H](C)C[C@H](C)C[C@H](C)C[C@H](C)C[C@H](C)C[C@H](C)C[C@H](C)C[C@H](C)C[C@H](C)C(=O)OC1[C@H](O)C(CO)O[C@H](O[C@H]2OC(CO)[C@@H](O)C(O)[C@@H]2OS(=O)(=O)O)[C@@H]1OC(=O)CCCCCCCCCCCCCCC. The minimum Gasteiger partial charge on any atom is -0.455 e. The van der Waals surface area contributed by atoms with Crippen LogP contribution in [0.1, 0.15) is 320 Å². The lowest BCUT2D eigenvalue weighted by Crippen LogP contribution is -2.65. The predicted octanol–water partition coefficient (Wildman–Crippen LogP) is 15.5. The summed E-state index contributed by atoms with van der Waals surface area (Å²) in [6, 6.07) is 0. The smallest absolute Gasteiger partial charge is 0.397 e. The third-order valence-electron chi connectivity index (χ3n) is 19.6. The lowest BCUT2D eigenvalue weighted by Gasteiger charge is -2.46. The molecule has 5 unspecified atom stereocenters. The van der Waals surface area contributed by atoms with Crippen molar-refractivity contribution in [2.75, 3.05) is 13.2 Å². The molecule has 7 N–H and O–H groups in total. The van der Waals surface area contributed by atoms with Gasteiger partial charge in [0, 0.05) is 6.42 Å². The van der Waals surface area contributed by atoms with Crippen molar-refractivity contribution in [3.8, 4) is 0 Å². The Labute approximate surface area is 555 Å². The quantitative estimate of drug-likeness (QED) is 0.0169. The summed E-state index contributed by atoms with van der Waals surface area (Å²) in [5.74, 6) is 1.59. The van der Waals surface area contributed by atoms with Crippen LogP contribution in [0.15, 0.2) is 0 Å². The van der Waals surface area contributed by atoms with E-state index in [-0.39, 0.29) is 18.4 Å². The number of unbranched alkanes of at least 4 members (excludes halogenated alkanes) is 26. The first-order valence-corrected chi connectivity index (χ1v) is 38.7. The lowest BCUT2D eigenvalue weighted by molar-refractivity contribution is -0.374. The number of hydrogen-bond donors (Lipinski definition) is 7. The number of ether oxygens (including phenoxy) is 5. The molecule has 2 aliphatic rings. The summed E-state index contributed by atoms with van der Waals surface area (Å²) in [6.07, 6.45) is 25.0. The molecular formula is C73H140O17S. The molecule has 0 aliphatic carbocycles. The highest BCUT2D eigenvalue weighted by Gasteiger charge is 2.55. The van der Waals surface area contributed by atoms with E-state index in [4.69, 9.17) is 23.7 Å². The highest BCUT2D eigenvalue weighted by Crippen LogP contribution is 2.36. The number of esters is 2. The molecule has 0 bridgehead atoms. The predicted molar refractivity (Wildman–Crippen MR) is 362 cm³/mol. The van der Waals surface area contributed by atoms with Crippen molar-refractivity contribution < 1.29 is 81.1 Å². The molecule has 0 radical (unpaired) electrons. The Bertz CT molecular complexity index is 1910. The normalized spacial score (nSPS) is 25.6. The maximum atomic E-state index is 14.1. The summed E-state index contributed by atoms with van der Waals surface area (Å²) in [5, 5.41) is 64.5. The van der Waals surface area contributed by atoms with Gasteiger partial charge in [-0.25, -0.2) is 4.18 Å². The van der Waals surface area contributed by atoms with E-state index in [1.54, 1.807) is 6.92 Å². The topological polar surface area (TPSA) is 265 Å². The van der Waals surface area contributed by atoms with Gasteiger partial charge in [-0.3, -0.25) is 14.1 Å². The molecule has 0 aromatic carbocycles. The second-order valence-corrected chi connectivity index (χ2v) is 30.7.